The Morgan fingerprint density at radius 3 is 2.55 bits per heavy atom. The molecule has 0 spiro atoms. The van der Waals surface area contributed by atoms with Crippen molar-refractivity contribution in [3.05, 3.63) is 104 Å². The van der Waals surface area contributed by atoms with Gasteiger partial charge in [0.2, 0.25) is 0 Å². The van der Waals surface area contributed by atoms with E-state index in [1.54, 1.807) is 49.4 Å². The number of amides is 1. The first kappa shape index (κ1) is 20.0. The van der Waals surface area contributed by atoms with Crippen molar-refractivity contribution in [2.24, 2.45) is 0 Å². The molecule has 3 aromatic carbocycles. The number of carbonyl (C=O) groups is 1. The molecule has 1 aromatic heterocycles. The zero-order chi connectivity index (χ0) is 22.1. The molecular formula is C23H18N4O4. The number of anilines is 1. The van der Waals surface area contributed by atoms with E-state index in [4.69, 9.17) is 0 Å². The van der Waals surface area contributed by atoms with Crippen LogP contribution in [0.2, 0.25) is 0 Å². The van der Waals surface area contributed by atoms with Gasteiger partial charge in [-0.2, -0.15) is 0 Å². The predicted octanol–water partition coefficient (Wildman–Crippen LogP) is 4.16. The van der Waals surface area contributed by atoms with Gasteiger partial charge >= 0.3 is 0 Å². The zero-order valence-electron chi connectivity index (χ0n) is 16.8. The van der Waals surface area contributed by atoms with E-state index < -0.39 is 10.8 Å². The fourth-order valence-electron chi connectivity index (χ4n) is 3.54. The van der Waals surface area contributed by atoms with Crippen LogP contribution in [0.5, 0.6) is 0 Å². The maximum Gasteiger partial charge on any atom is 0.273 e. The van der Waals surface area contributed by atoms with Crippen LogP contribution in [-0.2, 0) is 0 Å². The van der Waals surface area contributed by atoms with E-state index >= 15 is 0 Å². The summed E-state index contributed by atoms with van der Waals surface area (Å²) < 4.78 is 1.48. The lowest BCUT2D eigenvalue weighted by Gasteiger charge is -2.13. The summed E-state index contributed by atoms with van der Waals surface area (Å²) in [7, 11) is 0. The first-order valence-electron chi connectivity index (χ1n) is 9.51. The highest BCUT2D eigenvalue weighted by molar-refractivity contribution is 6.06. The Bertz CT molecular complexity index is 1410. The maximum absolute atomic E-state index is 13.0. The van der Waals surface area contributed by atoms with Gasteiger partial charge < -0.3 is 5.32 Å². The number of benzene rings is 3. The molecule has 0 bridgehead atoms. The van der Waals surface area contributed by atoms with Gasteiger partial charge in [-0.05, 0) is 50.2 Å². The number of hydrogen-bond donors (Lipinski definition) is 1. The molecule has 4 rings (SSSR count). The second-order valence-corrected chi connectivity index (χ2v) is 7.03. The Kier molecular flexibility index (Phi) is 5.04. The normalized spacial score (nSPS) is 10.8. The van der Waals surface area contributed by atoms with Crippen LogP contribution in [0.3, 0.4) is 0 Å². The maximum atomic E-state index is 13.0. The molecule has 0 aliphatic heterocycles. The molecule has 0 aliphatic rings. The molecule has 31 heavy (non-hydrogen) atoms. The van der Waals surface area contributed by atoms with Gasteiger partial charge in [-0.15, -0.1) is 0 Å². The number of para-hydroxylation sites is 1. The van der Waals surface area contributed by atoms with Gasteiger partial charge in [0.25, 0.3) is 17.2 Å². The highest BCUT2D eigenvalue weighted by Crippen LogP contribution is 2.23. The molecule has 1 amide bonds. The fourth-order valence-corrected chi connectivity index (χ4v) is 3.54. The number of hydrogen-bond acceptors (Lipinski definition) is 5. The summed E-state index contributed by atoms with van der Waals surface area (Å²) >= 11 is 0. The van der Waals surface area contributed by atoms with Crippen LogP contribution in [0, 0.1) is 24.0 Å². The standard InChI is InChI=1S/C23H18N4O4/c1-14-18(10-6-12-21(14)27(30)31)22(28)25-16-7-5-8-17(13-16)26-15(2)24-20-11-4-3-9-19(20)23(26)29/h3-13H,1-2H3,(H,25,28). The third-order valence-electron chi connectivity index (χ3n) is 5.05. The van der Waals surface area contributed by atoms with E-state index in [2.05, 4.69) is 10.3 Å². The van der Waals surface area contributed by atoms with E-state index in [0.717, 1.165) is 0 Å². The minimum absolute atomic E-state index is 0.120. The summed E-state index contributed by atoms with van der Waals surface area (Å²) in [5.74, 6) is 0.0424. The van der Waals surface area contributed by atoms with Crippen molar-refractivity contribution >= 4 is 28.2 Å². The summed E-state index contributed by atoms with van der Waals surface area (Å²) in [5, 5.41) is 14.4. The molecule has 154 valence electrons. The molecule has 0 radical (unpaired) electrons. The number of nitro groups is 1. The van der Waals surface area contributed by atoms with Crippen LogP contribution in [0.15, 0.2) is 71.5 Å². The van der Waals surface area contributed by atoms with Crippen molar-refractivity contribution in [2.75, 3.05) is 5.32 Å². The smallest absolute Gasteiger partial charge is 0.273 e. The third kappa shape index (κ3) is 3.66. The second-order valence-electron chi connectivity index (χ2n) is 7.03. The Balaban J connectivity index is 1.72. The van der Waals surface area contributed by atoms with E-state index in [9.17, 15) is 19.7 Å². The van der Waals surface area contributed by atoms with Gasteiger partial charge in [0.05, 0.1) is 21.5 Å². The Morgan fingerprint density at radius 2 is 1.77 bits per heavy atom. The van der Waals surface area contributed by atoms with E-state index in [1.807, 2.05) is 6.07 Å². The minimum Gasteiger partial charge on any atom is -0.322 e. The van der Waals surface area contributed by atoms with Gasteiger partial charge in [-0.1, -0.05) is 24.3 Å². The molecule has 1 N–H and O–H groups in total. The molecule has 0 fully saturated rings. The van der Waals surface area contributed by atoms with Crippen LogP contribution in [0.25, 0.3) is 16.6 Å². The summed E-state index contributed by atoms with van der Waals surface area (Å²) in [6, 6.07) is 18.3. The lowest BCUT2D eigenvalue weighted by Crippen LogP contribution is -2.22. The topological polar surface area (TPSA) is 107 Å². The number of aryl methyl sites for hydroxylation is 1. The first-order valence-corrected chi connectivity index (χ1v) is 9.51. The number of fused-ring (bicyclic) bond motifs is 1. The number of nitrogens with one attached hydrogen (secondary N) is 1. The molecule has 0 atom stereocenters. The van der Waals surface area contributed by atoms with Gasteiger partial charge in [-0.3, -0.25) is 24.3 Å². The van der Waals surface area contributed by atoms with Crippen LogP contribution in [-0.4, -0.2) is 20.4 Å². The molecular weight excluding hydrogens is 396 g/mol. The molecule has 0 aliphatic carbocycles. The third-order valence-corrected chi connectivity index (χ3v) is 5.05. The Labute approximate surface area is 176 Å². The van der Waals surface area contributed by atoms with Crippen LogP contribution >= 0.6 is 0 Å². The van der Waals surface area contributed by atoms with Gasteiger partial charge in [-0.25, -0.2) is 4.98 Å². The van der Waals surface area contributed by atoms with Crippen molar-refractivity contribution in [3.8, 4) is 5.69 Å². The van der Waals surface area contributed by atoms with Crippen molar-refractivity contribution < 1.29 is 9.72 Å². The van der Waals surface area contributed by atoms with Crippen LogP contribution in [0.4, 0.5) is 11.4 Å². The Hall–Kier alpha value is -4.33. The number of carbonyl (C=O) groups excluding carboxylic acids is 1. The highest BCUT2D eigenvalue weighted by Gasteiger charge is 2.18. The van der Waals surface area contributed by atoms with Crippen LogP contribution < -0.4 is 10.9 Å². The van der Waals surface area contributed by atoms with Crippen molar-refractivity contribution in [1.29, 1.82) is 0 Å². The predicted molar refractivity (Wildman–Crippen MR) is 118 cm³/mol. The van der Waals surface area contributed by atoms with Crippen molar-refractivity contribution in [3.63, 3.8) is 0 Å². The summed E-state index contributed by atoms with van der Waals surface area (Å²) in [4.78, 5) is 40.9. The molecule has 1 heterocycles. The molecule has 0 saturated carbocycles. The van der Waals surface area contributed by atoms with Crippen molar-refractivity contribution in [2.45, 2.75) is 13.8 Å². The van der Waals surface area contributed by atoms with E-state index in [1.165, 1.54) is 29.7 Å². The van der Waals surface area contributed by atoms with E-state index in [-0.39, 0.29) is 22.4 Å². The first-order chi connectivity index (χ1) is 14.9. The monoisotopic (exact) mass is 414 g/mol. The van der Waals surface area contributed by atoms with Crippen molar-refractivity contribution in [1.82, 2.24) is 9.55 Å². The van der Waals surface area contributed by atoms with Gasteiger partial charge in [0, 0.05) is 22.9 Å². The average molecular weight is 414 g/mol. The van der Waals surface area contributed by atoms with Gasteiger partial charge in [0.1, 0.15) is 5.82 Å². The summed E-state index contributed by atoms with van der Waals surface area (Å²) in [6.45, 7) is 3.28. The fraction of sp³-hybridized carbons (Fsp3) is 0.0870. The lowest BCUT2D eigenvalue weighted by molar-refractivity contribution is -0.385. The number of rotatable bonds is 4. The number of nitro benzene ring substituents is 1. The summed E-state index contributed by atoms with van der Waals surface area (Å²) in [5.41, 5.74) is 1.79. The largest absolute Gasteiger partial charge is 0.322 e. The summed E-state index contributed by atoms with van der Waals surface area (Å²) in [6.07, 6.45) is 0. The van der Waals surface area contributed by atoms with Crippen LogP contribution in [0.1, 0.15) is 21.7 Å². The molecule has 0 unspecified atom stereocenters. The SMILES string of the molecule is Cc1c(C(=O)Nc2cccc(-n3c(C)nc4ccccc4c3=O)c2)cccc1[N+](=O)[O-]. The molecule has 8 nitrogen and oxygen atoms in total. The molecule has 0 saturated heterocycles. The second kappa shape index (κ2) is 7.83. The quantitative estimate of drug-likeness (QED) is 0.398. The lowest BCUT2D eigenvalue weighted by atomic mass is 10.1. The average Bonchev–Trinajstić information content (AvgIpc) is 2.74. The highest BCUT2D eigenvalue weighted by atomic mass is 16.6. The zero-order valence-corrected chi connectivity index (χ0v) is 16.8. The molecule has 4 aromatic rings. The minimum atomic E-state index is -0.519. The molecule has 8 heteroatoms. The van der Waals surface area contributed by atoms with Gasteiger partial charge in [0.15, 0.2) is 0 Å². The van der Waals surface area contributed by atoms with E-state index in [0.29, 0.717) is 28.1 Å². The number of nitrogens with zero attached hydrogens (tertiary/aromatic N) is 3. The number of aromatic nitrogens is 2. The Morgan fingerprint density at radius 1 is 1.03 bits per heavy atom.